The molecule has 5 rings (SSSR count). The van der Waals surface area contributed by atoms with E-state index in [9.17, 15) is 4.79 Å². The molecule has 2 aliphatic heterocycles. The molecule has 0 radical (unpaired) electrons. The average molecular weight is 453 g/mol. The second-order valence-electron chi connectivity index (χ2n) is 7.15. The molecule has 0 saturated carbocycles. The molecule has 10 heteroatoms. The maximum absolute atomic E-state index is 12.4. The SMILES string of the molecule is Cl.N/C(=N\c1ccccn1)N1CCN(C(=C2N=COC2=O)c2cccc3cocc23)CC1. The van der Waals surface area contributed by atoms with Gasteiger partial charge in [0.2, 0.25) is 0 Å². The van der Waals surface area contributed by atoms with Gasteiger partial charge in [0.15, 0.2) is 23.9 Å². The minimum absolute atomic E-state index is 0. The van der Waals surface area contributed by atoms with Crippen LogP contribution in [-0.4, -0.2) is 59.3 Å². The number of nitrogens with two attached hydrogens (primary N) is 1. The fraction of sp³-hybridized carbons (Fsp3) is 0.182. The Hall–Kier alpha value is -3.85. The van der Waals surface area contributed by atoms with Crippen molar-refractivity contribution in [3.63, 3.8) is 0 Å². The number of esters is 1. The Morgan fingerprint density at radius 2 is 1.84 bits per heavy atom. The minimum Gasteiger partial charge on any atom is -0.471 e. The molecule has 3 aromatic rings. The number of aromatic nitrogens is 1. The van der Waals surface area contributed by atoms with Crippen LogP contribution >= 0.6 is 12.4 Å². The molecule has 4 heterocycles. The zero-order valence-corrected chi connectivity index (χ0v) is 17.9. The number of carbonyl (C=O) groups excluding carboxylic acids is 1. The van der Waals surface area contributed by atoms with E-state index >= 15 is 0 Å². The molecule has 0 spiro atoms. The van der Waals surface area contributed by atoms with Crippen LogP contribution < -0.4 is 5.73 Å². The normalized spacial score (nSPS) is 18.0. The topological polar surface area (TPSA) is 110 Å². The monoisotopic (exact) mass is 452 g/mol. The Bertz CT molecular complexity index is 1210. The number of fused-ring (bicyclic) bond motifs is 1. The van der Waals surface area contributed by atoms with E-state index in [0.717, 1.165) is 22.0 Å². The Balaban J connectivity index is 0.00000245. The van der Waals surface area contributed by atoms with Gasteiger partial charge in [0.05, 0.1) is 18.2 Å². The predicted octanol–water partition coefficient (Wildman–Crippen LogP) is 2.77. The number of carbonyl (C=O) groups is 1. The standard InChI is InChI=1S/C22H20N6O3.ClH/c23-22(26-18-6-1-2-7-24-18)28-10-8-27(9-11-28)20(19-21(29)31-14-25-19)16-5-3-4-15-12-30-13-17(15)16;/h1-7,12-14H,8-11H2,(H2,23,24,26);1H. The number of hydrogen-bond acceptors (Lipinski definition) is 7. The molecule has 0 atom stereocenters. The van der Waals surface area contributed by atoms with Crippen LogP contribution in [-0.2, 0) is 9.53 Å². The second-order valence-corrected chi connectivity index (χ2v) is 7.15. The van der Waals surface area contributed by atoms with Crippen LogP contribution in [0.3, 0.4) is 0 Å². The molecule has 1 aromatic carbocycles. The first-order valence-electron chi connectivity index (χ1n) is 9.89. The van der Waals surface area contributed by atoms with Crippen molar-refractivity contribution in [2.75, 3.05) is 26.2 Å². The van der Waals surface area contributed by atoms with Crippen LogP contribution in [0.25, 0.3) is 16.5 Å². The largest absolute Gasteiger partial charge is 0.471 e. The Morgan fingerprint density at radius 1 is 1.03 bits per heavy atom. The highest BCUT2D eigenvalue weighted by Gasteiger charge is 2.29. The zero-order valence-electron chi connectivity index (χ0n) is 17.0. The van der Waals surface area contributed by atoms with Gasteiger partial charge in [-0.25, -0.2) is 14.8 Å². The molecule has 1 fully saturated rings. The van der Waals surface area contributed by atoms with Gasteiger partial charge >= 0.3 is 5.97 Å². The number of rotatable bonds is 3. The molecule has 0 unspecified atom stereocenters. The van der Waals surface area contributed by atoms with E-state index in [1.54, 1.807) is 24.8 Å². The van der Waals surface area contributed by atoms with Crippen LogP contribution in [0.5, 0.6) is 0 Å². The van der Waals surface area contributed by atoms with Gasteiger partial charge in [-0.1, -0.05) is 24.3 Å². The Labute approximate surface area is 190 Å². The Morgan fingerprint density at radius 3 is 2.56 bits per heavy atom. The van der Waals surface area contributed by atoms with Crippen molar-refractivity contribution < 1.29 is 13.9 Å². The summed E-state index contributed by atoms with van der Waals surface area (Å²) in [7, 11) is 0. The van der Waals surface area contributed by atoms with Gasteiger partial charge in [-0.3, -0.25) is 0 Å². The lowest BCUT2D eigenvalue weighted by Gasteiger charge is -2.38. The van der Waals surface area contributed by atoms with Crippen molar-refractivity contribution in [3.05, 3.63) is 66.4 Å². The third-order valence-corrected chi connectivity index (χ3v) is 5.33. The number of cyclic esters (lactones) is 1. The lowest BCUT2D eigenvalue weighted by atomic mass is 10.0. The maximum atomic E-state index is 12.4. The summed E-state index contributed by atoms with van der Waals surface area (Å²) in [4.78, 5) is 29.3. The van der Waals surface area contributed by atoms with E-state index < -0.39 is 5.97 Å². The fourth-order valence-corrected chi connectivity index (χ4v) is 3.81. The summed E-state index contributed by atoms with van der Waals surface area (Å²) in [6.45, 7) is 2.54. The molecule has 2 N–H and O–H groups in total. The van der Waals surface area contributed by atoms with Crippen molar-refractivity contribution in [2.24, 2.45) is 15.7 Å². The fourth-order valence-electron chi connectivity index (χ4n) is 3.81. The zero-order chi connectivity index (χ0) is 21.2. The molecular weight excluding hydrogens is 432 g/mol. The summed E-state index contributed by atoms with van der Waals surface area (Å²) in [6.07, 6.45) is 6.23. The molecule has 1 saturated heterocycles. The van der Waals surface area contributed by atoms with Gasteiger partial charge in [0, 0.05) is 48.7 Å². The molecule has 2 aromatic heterocycles. The molecule has 2 aliphatic rings. The molecule has 32 heavy (non-hydrogen) atoms. The van der Waals surface area contributed by atoms with Gasteiger partial charge in [-0.2, -0.15) is 4.99 Å². The smallest absolute Gasteiger partial charge is 0.365 e. The van der Waals surface area contributed by atoms with Gasteiger partial charge in [0.1, 0.15) is 0 Å². The van der Waals surface area contributed by atoms with E-state index in [1.165, 1.54) is 6.40 Å². The average Bonchev–Trinajstić information content (AvgIpc) is 3.45. The van der Waals surface area contributed by atoms with Gasteiger partial charge < -0.3 is 24.7 Å². The highest BCUT2D eigenvalue weighted by Crippen LogP contribution is 2.33. The number of furan rings is 1. The number of nitrogens with zero attached hydrogens (tertiary/aromatic N) is 5. The van der Waals surface area contributed by atoms with E-state index in [4.69, 9.17) is 14.9 Å². The summed E-state index contributed by atoms with van der Waals surface area (Å²) in [6, 6.07) is 11.4. The number of pyridine rings is 1. The van der Waals surface area contributed by atoms with E-state index in [-0.39, 0.29) is 18.1 Å². The van der Waals surface area contributed by atoms with Crippen molar-refractivity contribution >= 4 is 53.0 Å². The molecule has 0 amide bonds. The number of hydrogen-bond donors (Lipinski definition) is 1. The predicted molar refractivity (Wildman–Crippen MR) is 124 cm³/mol. The molecular formula is C22H21ClN6O3. The summed E-state index contributed by atoms with van der Waals surface area (Å²) < 4.78 is 10.4. The van der Waals surface area contributed by atoms with Crippen LogP contribution in [0.15, 0.2) is 75.2 Å². The maximum Gasteiger partial charge on any atom is 0.365 e. The lowest BCUT2D eigenvalue weighted by molar-refractivity contribution is -0.129. The van der Waals surface area contributed by atoms with Gasteiger partial charge in [0.25, 0.3) is 0 Å². The van der Waals surface area contributed by atoms with Crippen molar-refractivity contribution in [1.82, 2.24) is 14.8 Å². The number of benzene rings is 1. The van der Waals surface area contributed by atoms with Crippen molar-refractivity contribution in [2.45, 2.75) is 0 Å². The number of piperazine rings is 1. The van der Waals surface area contributed by atoms with Crippen LogP contribution in [0.1, 0.15) is 5.56 Å². The van der Waals surface area contributed by atoms with Gasteiger partial charge in [-0.15, -0.1) is 12.4 Å². The van der Waals surface area contributed by atoms with Crippen LogP contribution in [0.2, 0.25) is 0 Å². The third kappa shape index (κ3) is 4.02. The summed E-state index contributed by atoms with van der Waals surface area (Å²) in [5.74, 6) is 0.525. The van der Waals surface area contributed by atoms with Crippen molar-refractivity contribution in [1.29, 1.82) is 0 Å². The Kier molecular flexibility index (Phi) is 6.09. The van der Waals surface area contributed by atoms with Gasteiger partial charge in [-0.05, 0) is 12.1 Å². The minimum atomic E-state index is -0.464. The molecule has 164 valence electrons. The number of halogens is 1. The van der Waals surface area contributed by atoms with E-state index in [0.29, 0.717) is 38.0 Å². The van der Waals surface area contributed by atoms with Crippen LogP contribution in [0, 0.1) is 0 Å². The number of ether oxygens (including phenoxy) is 1. The number of guanidine groups is 1. The highest BCUT2D eigenvalue weighted by atomic mass is 35.5. The summed E-state index contributed by atoms with van der Waals surface area (Å²) in [5.41, 5.74) is 8.11. The summed E-state index contributed by atoms with van der Waals surface area (Å²) in [5, 5.41) is 1.87. The van der Waals surface area contributed by atoms with E-state index in [2.05, 4.69) is 19.9 Å². The quantitative estimate of drug-likeness (QED) is 0.281. The van der Waals surface area contributed by atoms with E-state index in [1.807, 2.05) is 35.2 Å². The molecule has 0 aliphatic carbocycles. The van der Waals surface area contributed by atoms with Crippen LogP contribution in [0.4, 0.5) is 5.82 Å². The molecule has 9 nitrogen and oxygen atoms in total. The summed E-state index contributed by atoms with van der Waals surface area (Å²) >= 11 is 0. The number of aliphatic imine (C=N–C) groups is 2. The first kappa shape index (κ1) is 21.4. The lowest BCUT2D eigenvalue weighted by Crippen LogP contribution is -2.50. The first-order chi connectivity index (χ1) is 15.2. The van der Waals surface area contributed by atoms with Crippen molar-refractivity contribution in [3.8, 4) is 0 Å². The third-order valence-electron chi connectivity index (χ3n) is 5.33. The first-order valence-corrected chi connectivity index (χ1v) is 9.89. The highest BCUT2D eigenvalue weighted by molar-refractivity contribution is 6.06. The second kappa shape index (κ2) is 9.11. The molecule has 0 bridgehead atoms.